The van der Waals surface area contributed by atoms with Crippen molar-refractivity contribution < 1.29 is 17.9 Å². The Balaban J connectivity index is 1.24. The van der Waals surface area contributed by atoms with E-state index in [0.717, 1.165) is 31.4 Å². The van der Waals surface area contributed by atoms with E-state index in [1.165, 1.54) is 44.2 Å². The Morgan fingerprint density at radius 1 is 1.00 bits per heavy atom. The maximum absolute atomic E-state index is 12.9. The Labute approximate surface area is 208 Å². The molecular weight excluding hydrogens is 464 g/mol. The summed E-state index contributed by atoms with van der Waals surface area (Å²) in [4.78, 5) is 16.3. The number of rotatable bonds is 9. The van der Waals surface area contributed by atoms with Crippen LogP contribution in [0.15, 0.2) is 53.7 Å². The molecule has 2 atom stereocenters. The van der Waals surface area contributed by atoms with E-state index in [9.17, 15) is 13.2 Å². The average molecular weight is 501 g/mol. The molecule has 0 spiro atoms. The first-order chi connectivity index (χ1) is 17.0. The number of nitrogens with zero attached hydrogens (tertiary/aromatic N) is 1. The average Bonchev–Trinajstić information content (AvgIpc) is 2.88. The van der Waals surface area contributed by atoms with Gasteiger partial charge in [-0.3, -0.25) is 4.98 Å². The van der Waals surface area contributed by atoms with Crippen molar-refractivity contribution in [3.05, 3.63) is 54.4 Å². The number of pyridine rings is 1. The van der Waals surface area contributed by atoms with Crippen LogP contribution < -0.4 is 15.4 Å². The van der Waals surface area contributed by atoms with Gasteiger partial charge in [0.05, 0.1) is 11.0 Å². The van der Waals surface area contributed by atoms with Gasteiger partial charge in [-0.1, -0.05) is 25.3 Å². The van der Waals surface area contributed by atoms with E-state index >= 15 is 0 Å². The Hall–Kier alpha value is -2.49. The minimum atomic E-state index is -3.65. The van der Waals surface area contributed by atoms with Crippen LogP contribution in [-0.2, 0) is 21.3 Å². The summed E-state index contributed by atoms with van der Waals surface area (Å²) in [6.07, 6.45) is 13.4. The van der Waals surface area contributed by atoms with Crippen LogP contribution in [0.3, 0.4) is 0 Å². The first-order valence-corrected chi connectivity index (χ1v) is 14.1. The predicted octanol–water partition coefficient (Wildman–Crippen LogP) is 4.59. The number of carbonyl (C=O) groups is 1. The lowest BCUT2D eigenvalue weighted by Crippen LogP contribution is -2.40. The SMILES string of the molecule is O=C(NCc1cccnc1)Nc1ccc(S(=O)(=O)NC2CCCC(OCC3CCCCC3)C2)cc1. The molecule has 0 bridgehead atoms. The number of hydrogen-bond acceptors (Lipinski definition) is 5. The number of urea groups is 1. The first kappa shape index (κ1) is 25.6. The molecule has 9 heteroatoms. The smallest absolute Gasteiger partial charge is 0.319 e. The standard InChI is InChI=1S/C26H36N4O4S/c31-26(28-18-21-8-5-15-27-17-21)29-22-11-13-25(14-12-22)35(32,33)30-23-9-4-10-24(16-23)34-19-20-6-2-1-3-7-20/h5,8,11-15,17,20,23-24,30H,1-4,6-7,9-10,16,18-19H2,(H2,28,29,31). The van der Waals surface area contributed by atoms with Crippen LogP contribution >= 0.6 is 0 Å². The number of ether oxygens (including phenoxy) is 1. The summed E-state index contributed by atoms with van der Waals surface area (Å²) >= 11 is 0. The number of nitrogens with one attached hydrogen (secondary N) is 3. The maximum Gasteiger partial charge on any atom is 0.319 e. The van der Waals surface area contributed by atoms with Crippen molar-refractivity contribution in [2.24, 2.45) is 5.92 Å². The first-order valence-electron chi connectivity index (χ1n) is 12.7. The van der Waals surface area contributed by atoms with Crippen molar-refractivity contribution in [1.29, 1.82) is 0 Å². The Kier molecular flexibility index (Phi) is 9.12. The van der Waals surface area contributed by atoms with Gasteiger partial charge in [0, 0.05) is 37.3 Å². The normalized spacial score (nSPS) is 21.4. The van der Waals surface area contributed by atoms with Gasteiger partial charge >= 0.3 is 6.03 Å². The Morgan fingerprint density at radius 2 is 1.80 bits per heavy atom. The summed E-state index contributed by atoms with van der Waals surface area (Å²) in [5.41, 5.74) is 1.40. The summed E-state index contributed by atoms with van der Waals surface area (Å²) in [6, 6.07) is 9.39. The minimum Gasteiger partial charge on any atom is -0.378 e. The van der Waals surface area contributed by atoms with Gasteiger partial charge in [-0.05, 0) is 80.3 Å². The summed E-state index contributed by atoms with van der Waals surface area (Å²) in [6.45, 7) is 1.15. The number of aromatic nitrogens is 1. The summed E-state index contributed by atoms with van der Waals surface area (Å²) in [7, 11) is -3.65. The van der Waals surface area contributed by atoms with E-state index < -0.39 is 10.0 Å². The minimum absolute atomic E-state index is 0.120. The van der Waals surface area contributed by atoms with E-state index in [1.807, 2.05) is 6.07 Å². The highest BCUT2D eigenvalue weighted by atomic mass is 32.2. The van der Waals surface area contributed by atoms with Crippen LogP contribution in [0.5, 0.6) is 0 Å². The van der Waals surface area contributed by atoms with Gasteiger partial charge in [-0.2, -0.15) is 0 Å². The topological polar surface area (TPSA) is 109 Å². The van der Waals surface area contributed by atoms with Crippen LogP contribution in [-0.4, -0.2) is 38.2 Å². The second kappa shape index (κ2) is 12.5. The van der Waals surface area contributed by atoms with Crippen LogP contribution in [0.25, 0.3) is 0 Å². The van der Waals surface area contributed by atoms with E-state index in [2.05, 4.69) is 20.3 Å². The van der Waals surface area contributed by atoms with Crippen molar-refractivity contribution >= 4 is 21.7 Å². The van der Waals surface area contributed by atoms with Crippen LogP contribution in [0.2, 0.25) is 0 Å². The fourth-order valence-electron chi connectivity index (χ4n) is 4.89. The maximum atomic E-state index is 12.9. The summed E-state index contributed by atoms with van der Waals surface area (Å²) in [5.74, 6) is 0.658. The Bertz CT molecular complexity index is 1040. The fourth-order valence-corrected chi connectivity index (χ4v) is 6.18. The lowest BCUT2D eigenvalue weighted by Gasteiger charge is -2.31. The van der Waals surface area contributed by atoms with E-state index in [4.69, 9.17) is 4.74 Å². The van der Waals surface area contributed by atoms with E-state index in [-0.39, 0.29) is 23.1 Å². The zero-order chi connectivity index (χ0) is 24.5. The lowest BCUT2D eigenvalue weighted by molar-refractivity contribution is -0.00384. The van der Waals surface area contributed by atoms with Crippen molar-refractivity contribution in [2.45, 2.75) is 81.4 Å². The fraction of sp³-hybridized carbons (Fsp3) is 0.538. The molecule has 2 unspecified atom stereocenters. The van der Waals surface area contributed by atoms with Crippen molar-refractivity contribution in [1.82, 2.24) is 15.0 Å². The number of anilines is 1. The summed E-state index contributed by atoms with van der Waals surface area (Å²) in [5, 5.41) is 5.47. The van der Waals surface area contributed by atoms with Crippen LogP contribution in [0, 0.1) is 5.92 Å². The zero-order valence-corrected chi connectivity index (χ0v) is 20.9. The van der Waals surface area contributed by atoms with Gasteiger partial charge < -0.3 is 15.4 Å². The van der Waals surface area contributed by atoms with Crippen molar-refractivity contribution in [3.63, 3.8) is 0 Å². The number of benzene rings is 1. The number of amides is 2. The molecule has 2 amide bonds. The van der Waals surface area contributed by atoms with Gasteiger partial charge in [0.2, 0.25) is 10.0 Å². The molecule has 8 nitrogen and oxygen atoms in total. The predicted molar refractivity (Wildman–Crippen MR) is 135 cm³/mol. The molecule has 0 saturated heterocycles. The molecule has 2 aliphatic carbocycles. The monoisotopic (exact) mass is 500 g/mol. The molecule has 2 aromatic rings. The van der Waals surface area contributed by atoms with Gasteiger partial charge in [0.15, 0.2) is 0 Å². The number of carbonyl (C=O) groups excluding carboxylic acids is 1. The quantitative estimate of drug-likeness (QED) is 0.467. The van der Waals surface area contributed by atoms with E-state index in [1.54, 1.807) is 30.6 Å². The van der Waals surface area contributed by atoms with Crippen molar-refractivity contribution in [2.75, 3.05) is 11.9 Å². The van der Waals surface area contributed by atoms with E-state index in [0.29, 0.717) is 24.6 Å². The molecule has 1 aromatic heterocycles. The molecule has 1 heterocycles. The highest BCUT2D eigenvalue weighted by Gasteiger charge is 2.28. The molecule has 1 aromatic carbocycles. The summed E-state index contributed by atoms with van der Waals surface area (Å²) < 4.78 is 34.9. The highest BCUT2D eigenvalue weighted by molar-refractivity contribution is 7.89. The molecular formula is C26H36N4O4S. The van der Waals surface area contributed by atoms with Gasteiger partial charge in [-0.25, -0.2) is 17.9 Å². The van der Waals surface area contributed by atoms with Crippen molar-refractivity contribution in [3.8, 4) is 0 Å². The van der Waals surface area contributed by atoms with Gasteiger partial charge in [-0.15, -0.1) is 0 Å². The Morgan fingerprint density at radius 3 is 2.54 bits per heavy atom. The second-order valence-electron chi connectivity index (χ2n) is 9.64. The molecule has 2 saturated carbocycles. The molecule has 35 heavy (non-hydrogen) atoms. The largest absolute Gasteiger partial charge is 0.378 e. The molecule has 0 radical (unpaired) electrons. The lowest BCUT2D eigenvalue weighted by atomic mass is 9.89. The third-order valence-corrected chi connectivity index (χ3v) is 8.38. The van der Waals surface area contributed by atoms with Gasteiger partial charge in [0.1, 0.15) is 0 Å². The third-order valence-electron chi connectivity index (χ3n) is 6.84. The molecule has 2 aliphatic rings. The molecule has 2 fully saturated rings. The van der Waals surface area contributed by atoms with Crippen LogP contribution in [0.4, 0.5) is 10.5 Å². The second-order valence-corrected chi connectivity index (χ2v) is 11.4. The molecule has 3 N–H and O–H groups in total. The number of hydrogen-bond donors (Lipinski definition) is 3. The van der Waals surface area contributed by atoms with Crippen LogP contribution in [0.1, 0.15) is 63.4 Å². The molecule has 0 aliphatic heterocycles. The molecule has 190 valence electrons. The third kappa shape index (κ3) is 8.02. The molecule has 4 rings (SSSR count). The number of sulfonamides is 1. The van der Waals surface area contributed by atoms with Gasteiger partial charge in [0.25, 0.3) is 0 Å². The zero-order valence-electron chi connectivity index (χ0n) is 20.1. The highest BCUT2D eigenvalue weighted by Crippen LogP contribution is 2.27.